The van der Waals surface area contributed by atoms with Crippen LogP contribution in [0.15, 0.2) is 12.1 Å². The Morgan fingerprint density at radius 1 is 1.50 bits per heavy atom. The third-order valence-corrected chi connectivity index (χ3v) is 4.71. The van der Waals surface area contributed by atoms with Crippen LogP contribution < -0.4 is 5.73 Å². The van der Waals surface area contributed by atoms with Crippen LogP contribution in [0.3, 0.4) is 0 Å². The summed E-state index contributed by atoms with van der Waals surface area (Å²) in [5, 5.41) is 10.3. The van der Waals surface area contributed by atoms with Gasteiger partial charge in [0.2, 0.25) is 5.91 Å². The smallest absolute Gasteiger partial charge is 0.221 e. The standard InChI is InChI=1S/C17H20N4O/c1-10-11(2)20-17-12(7-15(19)22)3-4-14(16(10)17)13-5-6-21(8-13)9-18/h3-4,13,20H,5-8H2,1-2H3,(H2,19,22). The van der Waals surface area contributed by atoms with E-state index in [-0.39, 0.29) is 12.3 Å². The highest BCUT2D eigenvalue weighted by Gasteiger charge is 2.26. The number of hydrogen-bond acceptors (Lipinski definition) is 3. The van der Waals surface area contributed by atoms with Crippen LogP contribution in [0, 0.1) is 25.3 Å². The highest BCUT2D eigenvalue weighted by molar-refractivity contribution is 5.93. The van der Waals surface area contributed by atoms with Crippen molar-refractivity contribution in [2.75, 3.05) is 13.1 Å². The summed E-state index contributed by atoms with van der Waals surface area (Å²) in [5.41, 5.74) is 10.9. The summed E-state index contributed by atoms with van der Waals surface area (Å²) in [6, 6.07) is 4.10. The number of nitrogens with one attached hydrogen (secondary N) is 1. The topological polar surface area (TPSA) is 85.9 Å². The summed E-state index contributed by atoms with van der Waals surface area (Å²) >= 11 is 0. The summed E-state index contributed by atoms with van der Waals surface area (Å²) < 4.78 is 0. The number of aromatic nitrogens is 1. The fraction of sp³-hybridized carbons (Fsp3) is 0.412. The normalized spacial score (nSPS) is 17.9. The molecule has 2 heterocycles. The second kappa shape index (κ2) is 5.38. The van der Waals surface area contributed by atoms with Gasteiger partial charge >= 0.3 is 0 Å². The van der Waals surface area contributed by atoms with Crippen molar-refractivity contribution in [3.63, 3.8) is 0 Å². The zero-order valence-corrected chi connectivity index (χ0v) is 12.9. The first-order valence-corrected chi connectivity index (χ1v) is 7.55. The van der Waals surface area contributed by atoms with Crippen LogP contribution in [-0.4, -0.2) is 28.9 Å². The third kappa shape index (κ3) is 2.31. The Kier molecular flexibility index (Phi) is 3.53. The Morgan fingerprint density at radius 2 is 2.27 bits per heavy atom. The number of likely N-dealkylation sites (tertiary alicyclic amines) is 1. The molecule has 3 rings (SSSR count). The van der Waals surface area contributed by atoms with Gasteiger partial charge in [-0.2, -0.15) is 5.26 Å². The zero-order chi connectivity index (χ0) is 15.9. The number of fused-ring (bicyclic) bond motifs is 1. The molecule has 5 nitrogen and oxygen atoms in total. The molecule has 1 atom stereocenters. The van der Waals surface area contributed by atoms with Gasteiger partial charge in [-0.1, -0.05) is 12.1 Å². The van der Waals surface area contributed by atoms with E-state index in [4.69, 9.17) is 11.0 Å². The summed E-state index contributed by atoms with van der Waals surface area (Å²) in [7, 11) is 0. The number of hydrogen-bond donors (Lipinski definition) is 2. The van der Waals surface area contributed by atoms with Crippen molar-refractivity contribution in [1.82, 2.24) is 9.88 Å². The van der Waals surface area contributed by atoms with Crippen LogP contribution in [0.5, 0.6) is 0 Å². The van der Waals surface area contributed by atoms with E-state index in [0.717, 1.165) is 36.3 Å². The monoisotopic (exact) mass is 296 g/mol. The maximum absolute atomic E-state index is 11.3. The van der Waals surface area contributed by atoms with E-state index in [9.17, 15) is 4.79 Å². The average Bonchev–Trinajstić information content (AvgIpc) is 3.06. The van der Waals surface area contributed by atoms with Crippen molar-refractivity contribution >= 4 is 16.8 Å². The zero-order valence-electron chi connectivity index (χ0n) is 12.9. The largest absolute Gasteiger partial charge is 0.369 e. The Bertz CT molecular complexity index is 784. The lowest BCUT2D eigenvalue weighted by atomic mass is 9.91. The van der Waals surface area contributed by atoms with Crippen LogP contribution in [0.1, 0.15) is 34.7 Å². The highest BCUT2D eigenvalue weighted by atomic mass is 16.1. The second-order valence-corrected chi connectivity index (χ2v) is 6.11. The molecule has 1 aliphatic heterocycles. The van der Waals surface area contributed by atoms with E-state index in [1.54, 1.807) is 0 Å². The van der Waals surface area contributed by atoms with Crippen LogP contribution in [0.2, 0.25) is 0 Å². The molecule has 1 saturated heterocycles. The number of rotatable bonds is 3. The molecule has 0 bridgehead atoms. The molecular formula is C17H20N4O. The molecule has 1 aromatic carbocycles. The van der Waals surface area contributed by atoms with Crippen molar-refractivity contribution in [2.45, 2.75) is 32.6 Å². The van der Waals surface area contributed by atoms with Gasteiger partial charge in [-0.25, -0.2) is 0 Å². The van der Waals surface area contributed by atoms with Crippen LogP contribution in [0.4, 0.5) is 0 Å². The van der Waals surface area contributed by atoms with Crippen molar-refractivity contribution in [1.29, 1.82) is 5.26 Å². The molecule has 5 heteroatoms. The van der Waals surface area contributed by atoms with E-state index in [2.05, 4.69) is 24.2 Å². The molecule has 22 heavy (non-hydrogen) atoms. The molecule has 0 aliphatic carbocycles. The molecule has 1 unspecified atom stereocenters. The van der Waals surface area contributed by atoms with E-state index in [1.165, 1.54) is 16.5 Å². The number of nitrogens with zero attached hydrogens (tertiary/aromatic N) is 2. The van der Waals surface area contributed by atoms with Crippen molar-refractivity contribution < 1.29 is 4.79 Å². The molecule has 1 amide bonds. The van der Waals surface area contributed by atoms with Crippen molar-refractivity contribution in [3.8, 4) is 6.19 Å². The predicted molar refractivity (Wildman–Crippen MR) is 85.2 cm³/mol. The first-order valence-electron chi connectivity index (χ1n) is 7.55. The minimum absolute atomic E-state index is 0.241. The molecular weight excluding hydrogens is 276 g/mol. The number of aromatic amines is 1. The Balaban J connectivity index is 2.12. The molecule has 114 valence electrons. The number of primary amides is 1. The molecule has 1 fully saturated rings. The number of benzene rings is 1. The van der Waals surface area contributed by atoms with E-state index in [1.807, 2.05) is 17.9 Å². The van der Waals surface area contributed by atoms with Gasteiger partial charge < -0.3 is 15.6 Å². The predicted octanol–water partition coefficient (Wildman–Crippen LogP) is 2.08. The molecule has 1 aromatic heterocycles. The van der Waals surface area contributed by atoms with Crippen LogP contribution in [0.25, 0.3) is 10.9 Å². The van der Waals surface area contributed by atoms with E-state index >= 15 is 0 Å². The minimum Gasteiger partial charge on any atom is -0.369 e. The lowest BCUT2D eigenvalue weighted by Crippen LogP contribution is -2.14. The number of H-pyrrole nitrogens is 1. The van der Waals surface area contributed by atoms with Gasteiger partial charge in [-0.15, -0.1) is 0 Å². The molecule has 0 spiro atoms. The van der Waals surface area contributed by atoms with Gasteiger partial charge in [-0.05, 0) is 37.0 Å². The number of nitriles is 1. The van der Waals surface area contributed by atoms with Gasteiger partial charge in [0.15, 0.2) is 6.19 Å². The third-order valence-electron chi connectivity index (χ3n) is 4.71. The number of carbonyl (C=O) groups is 1. The molecule has 2 aromatic rings. The van der Waals surface area contributed by atoms with E-state index < -0.39 is 0 Å². The van der Waals surface area contributed by atoms with Crippen molar-refractivity contribution in [3.05, 3.63) is 34.5 Å². The molecule has 1 aliphatic rings. The van der Waals surface area contributed by atoms with Crippen LogP contribution in [-0.2, 0) is 11.2 Å². The molecule has 0 radical (unpaired) electrons. The molecule has 3 N–H and O–H groups in total. The van der Waals surface area contributed by atoms with Gasteiger partial charge in [-0.3, -0.25) is 4.79 Å². The number of nitrogens with two attached hydrogens (primary N) is 1. The first-order chi connectivity index (χ1) is 10.5. The van der Waals surface area contributed by atoms with Crippen LogP contribution >= 0.6 is 0 Å². The van der Waals surface area contributed by atoms with Crippen molar-refractivity contribution in [2.24, 2.45) is 5.73 Å². The lowest BCUT2D eigenvalue weighted by molar-refractivity contribution is -0.117. The highest BCUT2D eigenvalue weighted by Crippen LogP contribution is 2.36. The Hall–Kier alpha value is -2.48. The SMILES string of the molecule is Cc1[nH]c2c(CC(N)=O)ccc(C3CCN(C#N)C3)c2c1C. The summed E-state index contributed by atoms with van der Waals surface area (Å²) in [6.45, 7) is 5.73. The van der Waals surface area contributed by atoms with Gasteiger partial charge in [0.25, 0.3) is 0 Å². The van der Waals surface area contributed by atoms with Gasteiger partial charge in [0.05, 0.1) is 6.42 Å². The maximum atomic E-state index is 11.3. The van der Waals surface area contributed by atoms with Gasteiger partial charge in [0, 0.05) is 35.6 Å². The summed E-state index contributed by atoms with van der Waals surface area (Å²) in [6.07, 6.45) is 3.46. The number of carbonyl (C=O) groups excluding carboxylic acids is 1. The van der Waals surface area contributed by atoms with Gasteiger partial charge in [0.1, 0.15) is 0 Å². The summed E-state index contributed by atoms with van der Waals surface area (Å²) in [4.78, 5) is 16.5. The Morgan fingerprint density at radius 3 is 2.91 bits per heavy atom. The fourth-order valence-corrected chi connectivity index (χ4v) is 3.46. The second-order valence-electron chi connectivity index (χ2n) is 6.11. The minimum atomic E-state index is -0.324. The number of amides is 1. The first kappa shape index (κ1) is 14.5. The van der Waals surface area contributed by atoms with E-state index in [0.29, 0.717) is 5.92 Å². The lowest BCUT2D eigenvalue weighted by Gasteiger charge is -2.14. The summed E-state index contributed by atoms with van der Waals surface area (Å²) in [5.74, 6) is 0.0363. The maximum Gasteiger partial charge on any atom is 0.221 e. The quantitative estimate of drug-likeness (QED) is 0.850. The Labute approximate surface area is 129 Å². The fourth-order valence-electron chi connectivity index (χ4n) is 3.46. The number of aryl methyl sites for hydroxylation is 2. The average molecular weight is 296 g/mol. The molecule has 0 saturated carbocycles.